The van der Waals surface area contributed by atoms with Gasteiger partial charge in [0.15, 0.2) is 0 Å². The van der Waals surface area contributed by atoms with Crippen molar-refractivity contribution >= 4 is 5.97 Å². The molecule has 0 fully saturated rings. The third-order valence-electron chi connectivity index (χ3n) is 2.55. The van der Waals surface area contributed by atoms with Crippen molar-refractivity contribution in [1.29, 1.82) is 0 Å². The van der Waals surface area contributed by atoms with Gasteiger partial charge in [0.1, 0.15) is 11.8 Å². The summed E-state index contributed by atoms with van der Waals surface area (Å²) in [6, 6.07) is 5.96. The van der Waals surface area contributed by atoms with E-state index in [-0.39, 0.29) is 5.75 Å². The summed E-state index contributed by atoms with van der Waals surface area (Å²) in [6.45, 7) is 4.48. The fraction of sp³-hybridized carbons (Fsp3) is 0.357. The molecule has 0 aliphatic carbocycles. The van der Waals surface area contributed by atoms with Crippen LogP contribution < -0.4 is 5.32 Å². The van der Waals surface area contributed by atoms with Crippen LogP contribution in [0.2, 0.25) is 0 Å². The van der Waals surface area contributed by atoms with Crippen LogP contribution in [-0.4, -0.2) is 28.8 Å². The molecule has 1 aromatic rings. The van der Waals surface area contributed by atoms with E-state index in [9.17, 15) is 4.79 Å². The zero-order chi connectivity index (χ0) is 13.5. The molecule has 0 aromatic heterocycles. The van der Waals surface area contributed by atoms with Crippen molar-refractivity contribution in [3.8, 4) is 5.75 Å². The van der Waals surface area contributed by atoms with E-state index in [0.29, 0.717) is 13.0 Å². The third kappa shape index (κ3) is 5.01. The molecule has 98 valence electrons. The molecule has 0 spiro atoms. The second-order valence-electron chi connectivity index (χ2n) is 4.45. The minimum Gasteiger partial charge on any atom is -0.508 e. The van der Waals surface area contributed by atoms with Crippen molar-refractivity contribution in [2.24, 2.45) is 0 Å². The number of carbonyl (C=O) groups is 1. The number of phenols is 1. The predicted octanol–water partition coefficient (Wildman–Crippen LogP) is 1.94. The molecule has 1 rings (SSSR count). The number of benzene rings is 1. The van der Waals surface area contributed by atoms with E-state index in [1.807, 2.05) is 19.9 Å². The van der Waals surface area contributed by atoms with Crippen LogP contribution in [0, 0.1) is 0 Å². The number of allylic oxidation sites excluding steroid dienone is 1. The Morgan fingerprint density at radius 1 is 1.33 bits per heavy atom. The molecule has 0 bridgehead atoms. The lowest BCUT2D eigenvalue weighted by Crippen LogP contribution is -2.38. The van der Waals surface area contributed by atoms with Gasteiger partial charge >= 0.3 is 5.97 Å². The van der Waals surface area contributed by atoms with Crippen LogP contribution >= 0.6 is 0 Å². The van der Waals surface area contributed by atoms with E-state index in [0.717, 1.165) is 11.1 Å². The highest BCUT2D eigenvalue weighted by molar-refractivity contribution is 5.73. The summed E-state index contributed by atoms with van der Waals surface area (Å²) in [7, 11) is 0. The second-order valence-corrected chi connectivity index (χ2v) is 4.45. The molecule has 0 radical (unpaired) electrons. The summed E-state index contributed by atoms with van der Waals surface area (Å²) >= 11 is 0. The van der Waals surface area contributed by atoms with Gasteiger partial charge in [-0.2, -0.15) is 0 Å². The fourth-order valence-electron chi connectivity index (χ4n) is 1.52. The van der Waals surface area contributed by atoms with Gasteiger partial charge in [-0.15, -0.1) is 0 Å². The number of nitrogens with one attached hydrogen (secondary N) is 1. The van der Waals surface area contributed by atoms with E-state index in [1.165, 1.54) is 0 Å². The average molecular weight is 249 g/mol. The number of rotatable bonds is 6. The maximum Gasteiger partial charge on any atom is 0.321 e. The molecule has 1 atom stereocenters. The smallest absolute Gasteiger partial charge is 0.321 e. The molecular weight excluding hydrogens is 230 g/mol. The summed E-state index contributed by atoms with van der Waals surface area (Å²) in [4.78, 5) is 11.1. The Morgan fingerprint density at radius 3 is 2.44 bits per heavy atom. The van der Waals surface area contributed by atoms with Crippen molar-refractivity contribution in [3.05, 3.63) is 41.5 Å². The third-order valence-corrected chi connectivity index (χ3v) is 2.55. The molecule has 3 N–H and O–H groups in total. The first-order chi connectivity index (χ1) is 8.49. The summed E-state index contributed by atoms with van der Waals surface area (Å²) in [6.07, 6.45) is 2.35. The van der Waals surface area contributed by atoms with Gasteiger partial charge in [0.05, 0.1) is 0 Å². The molecule has 0 unspecified atom stereocenters. The SMILES string of the molecule is CC(C)=CCN[C@@H](Cc1ccc(O)cc1)C(=O)O. The van der Waals surface area contributed by atoms with Crippen LogP contribution in [0.15, 0.2) is 35.9 Å². The number of phenolic OH excluding ortho intramolecular Hbond substituents is 1. The fourth-order valence-corrected chi connectivity index (χ4v) is 1.52. The Labute approximate surface area is 107 Å². The van der Waals surface area contributed by atoms with Gasteiger partial charge in [-0.05, 0) is 38.0 Å². The predicted molar refractivity (Wildman–Crippen MR) is 70.7 cm³/mol. The Bertz CT molecular complexity index is 419. The highest BCUT2D eigenvalue weighted by Gasteiger charge is 2.16. The highest BCUT2D eigenvalue weighted by Crippen LogP contribution is 2.11. The zero-order valence-electron chi connectivity index (χ0n) is 10.7. The highest BCUT2D eigenvalue weighted by atomic mass is 16.4. The molecule has 4 nitrogen and oxygen atoms in total. The first-order valence-electron chi connectivity index (χ1n) is 5.86. The molecule has 18 heavy (non-hydrogen) atoms. The minimum atomic E-state index is -0.870. The summed E-state index contributed by atoms with van der Waals surface area (Å²) in [5.74, 6) is -0.687. The molecule has 0 aliphatic heterocycles. The van der Waals surface area contributed by atoms with E-state index < -0.39 is 12.0 Å². The van der Waals surface area contributed by atoms with Crippen molar-refractivity contribution < 1.29 is 15.0 Å². The van der Waals surface area contributed by atoms with E-state index >= 15 is 0 Å². The molecular formula is C14H19NO3. The molecule has 0 heterocycles. The molecule has 0 amide bonds. The van der Waals surface area contributed by atoms with Crippen molar-refractivity contribution in [2.45, 2.75) is 26.3 Å². The summed E-state index contributed by atoms with van der Waals surface area (Å²) < 4.78 is 0. The van der Waals surface area contributed by atoms with Crippen LogP contribution in [0.4, 0.5) is 0 Å². The van der Waals surface area contributed by atoms with Crippen molar-refractivity contribution in [1.82, 2.24) is 5.32 Å². The molecule has 0 aliphatic rings. The summed E-state index contributed by atoms with van der Waals surface area (Å²) in [5, 5.41) is 21.3. The minimum absolute atomic E-state index is 0.183. The van der Waals surface area contributed by atoms with Crippen molar-refractivity contribution in [3.63, 3.8) is 0 Å². The average Bonchev–Trinajstić information content (AvgIpc) is 2.30. The van der Waals surface area contributed by atoms with Gasteiger partial charge in [-0.1, -0.05) is 23.8 Å². The monoisotopic (exact) mass is 249 g/mol. The number of hydrogen-bond acceptors (Lipinski definition) is 3. The normalized spacial score (nSPS) is 11.9. The van der Waals surface area contributed by atoms with Crippen molar-refractivity contribution in [2.75, 3.05) is 6.54 Å². The maximum absolute atomic E-state index is 11.1. The van der Waals surface area contributed by atoms with Crippen LogP contribution in [0.25, 0.3) is 0 Å². The summed E-state index contributed by atoms with van der Waals surface area (Å²) in [5.41, 5.74) is 2.03. The quantitative estimate of drug-likeness (QED) is 0.674. The van der Waals surface area contributed by atoms with Crippen LogP contribution in [0.5, 0.6) is 5.75 Å². The number of hydrogen-bond donors (Lipinski definition) is 3. The van der Waals surface area contributed by atoms with Gasteiger partial charge in [0, 0.05) is 6.54 Å². The second kappa shape index (κ2) is 6.81. The lowest BCUT2D eigenvalue weighted by Gasteiger charge is -2.13. The Balaban J connectivity index is 2.60. The molecule has 0 saturated heterocycles. The van der Waals surface area contributed by atoms with Crippen LogP contribution in [0.3, 0.4) is 0 Å². The van der Waals surface area contributed by atoms with E-state index in [4.69, 9.17) is 10.2 Å². The zero-order valence-corrected chi connectivity index (χ0v) is 10.7. The van der Waals surface area contributed by atoms with E-state index in [1.54, 1.807) is 24.3 Å². The number of carboxylic acids is 1. The number of aliphatic carboxylic acids is 1. The number of carboxylic acid groups (broad SMARTS) is 1. The van der Waals surface area contributed by atoms with Gasteiger partial charge in [-0.25, -0.2) is 0 Å². The van der Waals surface area contributed by atoms with E-state index in [2.05, 4.69) is 5.32 Å². The Kier molecular flexibility index (Phi) is 5.39. The lowest BCUT2D eigenvalue weighted by molar-refractivity contribution is -0.139. The Morgan fingerprint density at radius 2 is 1.94 bits per heavy atom. The maximum atomic E-state index is 11.1. The van der Waals surface area contributed by atoms with Crippen LogP contribution in [0.1, 0.15) is 19.4 Å². The first kappa shape index (κ1) is 14.3. The molecule has 1 aromatic carbocycles. The molecule has 4 heteroatoms. The van der Waals surface area contributed by atoms with Gasteiger partial charge in [0.2, 0.25) is 0 Å². The Hall–Kier alpha value is -1.81. The first-order valence-corrected chi connectivity index (χ1v) is 5.86. The van der Waals surface area contributed by atoms with Gasteiger partial charge < -0.3 is 15.5 Å². The topological polar surface area (TPSA) is 69.6 Å². The number of aromatic hydroxyl groups is 1. The lowest BCUT2D eigenvalue weighted by atomic mass is 10.1. The van der Waals surface area contributed by atoms with Crippen LogP contribution in [-0.2, 0) is 11.2 Å². The van der Waals surface area contributed by atoms with Gasteiger partial charge in [-0.3, -0.25) is 4.79 Å². The van der Waals surface area contributed by atoms with Gasteiger partial charge in [0.25, 0.3) is 0 Å². The molecule has 0 saturated carbocycles. The largest absolute Gasteiger partial charge is 0.508 e. The standard InChI is InChI=1S/C14H19NO3/c1-10(2)7-8-15-13(14(17)18)9-11-3-5-12(16)6-4-11/h3-7,13,15-16H,8-9H2,1-2H3,(H,17,18)/t13-/m0/s1.